The van der Waals surface area contributed by atoms with Gasteiger partial charge in [-0.05, 0) is 36.8 Å². The number of amidine groups is 1. The molecule has 1 saturated heterocycles. The molecule has 2 N–H and O–H groups in total. The molecule has 0 aliphatic carbocycles. The number of non-ortho nitro benzene ring substituents is 1. The van der Waals surface area contributed by atoms with E-state index in [-0.39, 0.29) is 29.1 Å². The number of benzene rings is 2. The molecule has 3 rings (SSSR count). The van der Waals surface area contributed by atoms with E-state index in [1.165, 1.54) is 19.2 Å². The fraction of sp³-hybridized carbons (Fsp3) is 0.200. The normalized spacial score (nSPS) is 17.4. The van der Waals surface area contributed by atoms with E-state index in [1.54, 1.807) is 43.3 Å². The van der Waals surface area contributed by atoms with Crippen LogP contribution in [-0.4, -0.2) is 40.0 Å². The molecule has 1 unspecified atom stereocenters. The van der Waals surface area contributed by atoms with Crippen LogP contribution >= 0.6 is 11.8 Å². The topological polar surface area (TPSA) is 135 Å². The zero-order chi connectivity index (χ0) is 22.4. The van der Waals surface area contributed by atoms with Crippen molar-refractivity contribution in [3.8, 4) is 5.75 Å². The van der Waals surface area contributed by atoms with Crippen LogP contribution in [0.4, 0.5) is 11.4 Å². The fourth-order valence-electron chi connectivity index (χ4n) is 2.71. The van der Waals surface area contributed by atoms with Crippen LogP contribution in [0.15, 0.2) is 58.7 Å². The van der Waals surface area contributed by atoms with E-state index in [2.05, 4.69) is 20.8 Å². The highest BCUT2D eigenvalue weighted by molar-refractivity contribution is 8.15. The number of anilines is 1. The second-order valence-corrected chi connectivity index (χ2v) is 7.63. The maximum atomic E-state index is 12.3. The zero-order valence-corrected chi connectivity index (χ0v) is 17.5. The first-order chi connectivity index (χ1) is 14.9. The second kappa shape index (κ2) is 9.85. The van der Waals surface area contributed by atoms with Crippen molar-refractivity contribution in [2.45, 2.75) is 18.6 Å². The Kier molecular flexibility index (Phi) is 6.98. The van der Waals surface area contributed by atoms with E-state index in [0.29, 0.717) is 22.7 Å². The third-order valence-electron chi connectivity index (χ3n) is 4.32. The lowest BCUT2D eigenvalue weighted by Crippen LogP contribution is -2.28. The van der Waals surface area contributed by atoms with Crippen LogP contribution in [0.3, 0.4) is 0 Å². The number of para-hydroxylation sites is 2. The van der Waals surface area contributed by atoms with Gasteiger partial charge in [0.1, 0.15) is 11.0 Å². The number of methoxy groups -OCH3 is 1. The van der Waals surface area contributed by atoms with Crippen molar-refractivity contribution in [2.75, 3.05) is 12.4 Å². The third kappa shape index (κ3) is 5.66. The molecule has 0 radical (unpaired) electrons. The lowest BCUT2D eigenvalue weighted by atomic mass is 10.1. The summed E-state index contributed by atoms with van der Waals surface area (Å²) in [4.78, 5) is 34.8. The number of nitro benzene ring substituents is 1. The minimum absolute atomic E-state index is 0.0179. The van der Waals surface area contributed by atoms with Crippen LogP contribution in [0.25, 0.3) is 0 Å². The minimum atomic E-state index is -0.636. The molecule has 10 nitrogen and oxygen atoms in total. The number of thioether (sulfide) groups is 1. The Morgan fingerprint density at radius 3 is 2.65 bits per heavy atom. The summed E-state index contributed by atoms with van der Waals surface area (Å²) in [5.74, 6) is -0.135. The molecule has 1 fully saturated rings. The molecule has 1 aliphatic heterocycles. The van der Waals surface area contributed by atoms with Crippen molar-refractivity contribution in [3.63, 3.8) is 0 Å². The highest BCUT2D eigenvalue weighted by Gasteiger charge is 2.32. The highest BCUT2D eigenvalue weighted by atomic mass is 32.2. The molecule has 0 spiro atoms. The van der Waals surface area contributed by atoms with E-state index >= 15 is 0 Å². The Balaban J connectivity index is 1.61. The fourth-order valence-corrected chi connectivity index (χ4v) is 3.62. The Labute approximate surface area is 181 Å². The number of rotatable bonds is 7. The van der Waals surface area contributed by atoms with Gasteiger partial charge in [-0.25, -0.2) is 0 Å². The minimum Gasteiger partial charge on any atom is -0.495 e. The van der Waals surface area contributed by atoms with Crippen LogP contribution in [0.5, 0.6) is 5.75 Å². The Morgan fingerprint density at radius 1 is 1.26 bits per heavy atom. The van der Waals surface area contributed by atoms with Crippen LogP contribution in [0, 0.1) is 10.1 Å². The van der Waals surface area contributed by atoms with Crippen LogP contribution in [-0.2, 0) is 9.59 Å². The van der Waals surface area contributed by atoms with Crippen molar-refractivity contribution in [2.24, 2.45) is 10.2 Å². The molecule has 11 heteroatoms. The van der Waals surface area contributed by atoms with E-state index < -0.39 is 10.2 Å². The van der Waals surface area contributed by atoms with E-state index in [1.807, 2.05) is 0 Å². The van der Waals surface area contributed by atoms with Crippen LogP contribution in [0.1, 0.15) is 18.9 Å². The molecule has 2 amide bonds. The maximum absolute atomic E-state index is 12.3. The lowest BCUT2D eigenvalue weighted by Gasteiger charge is -2.10. The average Bonchev–Trinajstić information content (AvgIpc) is 3.11. The van der Waals surface area contributed by atoms with Crippen molar-refractivity contribution in [1.29, 1.82) is 0 Å². The van der Waals surface area contributed by atoms with E-state index in [0.717, 1.165) is 11.8 Å². The lowest BCUT2D eigenvalue weighted by molar-refractivity contribution is -0.384. The van der Waals surface area contributed by atoms with Gasteiger partial charge in [-0.2, -0.15) is 5.10 Å². The van der Waals surface area contributed by atoms with Crippen molar-refractivity contribution >= 4 is 45.8 Å². The van der Waals surface area contributed by atoms with Gasteiger partial charge in [0.05, 0.1) is 23.4 Å². The number of nitrogens with one attached hydrogen (secondary N) is 2. The molecule has 1 aliphatic rings. The SMILES string of the molecule is COc1ccccc1NC(=O)CC1SC(=NN=C(C)c2ccc([N+](=O)[O-])cc2)NC1=O. The Hall–Kier alpha value is -3.73. The van der Waals surface area contributed by atoms with Crippen molar-refractivity contribution in [3.05, 3.63) is 64.2 Å². The number of hydrogen-bond donors (Lipinski definition) is 2. The number of carbonyl (C=O) groups is 2. The summed E-state index contributed by atoms with van der Waals surface area (Å²) in [7, 11) is 1.51. The quantitative estimate of drug-likeness (QED) is 0.385. The first-order valence-electron chi connectivity index (χ1n) is 9.15. The van der Waals surface area contributed by atoms with Gasteiger partial charge in [-0.15, -0.1) is 5.10 Å². The summed E-state index contributed by atoms with van der Waals surface area (Å²) in [6, 6.07) is 12.9. The van der Waals surface area contributed by atoms with Crippen molar-refractivity contribution in [1.82, 2.24) is 5.32 Å². The number of hydrogen-bond acceptors (Lipinski definition) is 8. The van der Waals surface area contributed by atoms with Gasteiger partial charge in [-0.1, -0.05) is 23.9 Å². The van der Waals surface area contributed by atoms with Gasteiger partial charge >= 0.3 is 0 Å². The molecule has 160 valence electrons. The number of nitrogens with zero attached hydrogens (tertiary/aromatic N) is 3. The molecule has 0 bridgehead atoms. The number of ether oxygens (including phenoxy) is 1. The Morgan fingerprint density at radius 2 is 1.97 bits per heavy atom. The average molecular weight is 441 g/mol. The number of amides is 2. The molecular weight excluding hydrogens is 422 g/mol. The number of nitro groups is 1. The van der Waals surface area contributed by atoms with Gasteiger partial charge in [0.25, 0.3) is 5.69 Å². The molecule has 31 heavy (non-hydrogen) atoms. The van der Waals surface area contributed by atoms with Gasteiger partial charge < -0.3 is 15.4 Å². The third-order valence-corrected chi connectivity index (χ3v) is 5.39. The van der Waals surface area contributed by atoms with Crippen LogP contribution in [0.2, 0.25) is 0 Å². The predicted molar refractivity (Wildman–Crippen MR) is 119 cm³/mol. The van der Waals surface area contributed by atoms with Crippen molar-refractivity contribution < 1.29 is 19.2 Å². The summed E-state index contributed by atoms with van der Waals surface area (Å²) in [5.41, 5.74) is 1.69. The molecule has 1 atom stereocenters. The largest absolute Gasteiger partial charge is 0.495 e. The molecule has 0 saturated carbocycles. The van der Waals surface area contributed by atoms with Gasteiger partial charge in [0.15, 0.2) is 5.17 Å². The standard InChI is InChI=1S/C20H19N5O5S/c1-12(13-7-9-14(10-8-13)25(28)29)23-24-20-22-19(27)17(31-20)11-18(26)21-15-5-3-4-6-16(15)30-2/h3-10,17H,11H2,1-2H3,(H,21,26)(H,22,24,27). The molecule has 2 aromatic carbocycles. The molecule has 1 heterocycles. The maximum Gasteiger partial charge on any atom is 0.269 e. The summed E-state index contributed by atoms with van der Waals surface area (Å²) in [5, 5.41) is 23.8. The summed E-state index contributed by atoms with van der Waals surface area (Å²) < 4.78 is 5.20. The summed E-state index contributed by atoms with van der Waals surface area (Å²) in [6.45, 7) is 1.70. The monoisotopic (exact) mass is 441 g/mol. The van der Waals surface area contributed by atoms with E-state index in [4.69, 9.17) is 4.74 Å². The van der Waals surface area contributed by atoms with Gasteiger partial charge in [-0.3, -0.25) is 19.7 Å². The second-order valence-electron chi connectivity index (χ2n) is 6.44. The number of carbonyl (C=O) groups excluding carboxylic acids is 2. The first-order valence-corrected chi connectivity index (χ1v) is 10.0. The smallest absolute Gasteiger partial charge is 0.269 e. The van der Waals surface area contributed by atoms with Gasteiger partial charge in [0.2, 0.25) is 11.8 Å². The molecular formula is C20H19N5O5S. The molecule has 2 aromatic rings. The van der Waals surface area contributed by atoms with Gasteiger partial charge in [0, 0.05) is 18.6 Å². The summed E-state index contributed by atoms with van der Waals surface area (Å²) in [6.07, 6.45) is -0.0430. The molecule has 0 aromatic heterocycles. The first kappa shape index (κ1) is 22.0. The highest BCUT2D eigenvalue weighted by Crippen LogP contribution is 2.26. The Bertz CT molecular complexity index is 1070. The zero-order valence-electron chi connectivity index (χ0n) is 16.7. The van der Waals surface area contributed by atoms with Crippen LogP contribution < -0.4 is 15.4 Å². The van der Waals surface area contributed by atoms with E-state index in [9.17, 15) is 19.7 Å². The summed E-state index contributed by atoms with van der Waals surface area (Å²) >= 11 is 1.11. The predicted octanol–water partition coefficient (Wildman–Crippen LogP) is 2.94.